The summed E-state index contributed by atoms with van der Waals surface area (Å²) in [6.07, 6.45) is 0. The molecule has 0 aliphatic carbocycles. The van der Waals surface area contributed by atoms with Crippen molar-refractivity contribution in [2.24, 2.45) is 0 Å². The van der Waals surface area contributed by atoms with Crippen molar-refractivity contribution >= 4 is 11.8 Å². The summed E-state index contributed by atoms with van der Waals surface area (Å²) in [6, 6.07) is 8.25. The van der Waals surface area contributed by atoms with Gasteiger partial charge in [-0.3, -0.25) is 0 Å². The second-order valence-electron chi connectivity index (χ2n) is 5.03. The molecule has 1 heterocycles. The van der Waals surface area contributed by atoms with Gasteiger partial charge in [0.05, 0.1) is 6.61 Å². The molecule has 0 spiro atoms. The lowest BCUT2D eigenvalue weighted by atomic mass is 10.0. The predicted octanol–water partition coefficient (Wildman–Crippen LogP) is 3.99. The van der Waals surface area contributed by atoms with Crippen LogP contribution in [0.1, 0.15) is 32.3 Å². The lowest BCUT2D eigenvalue weighted by Crippen LogP contribution is -2.04. The van der Waals surface area contributed by atoms with Gasteiger partial charge in [-0.1, -0.05) is 44.7 Å². The van der Waals surface area contributed by atoms with E-state index in [1.54, 1.807) is 7.11 Å². The van der Waals surface area contributed by atoms with Gasteiger partial charge in [-0.25, -0.2) is 0 Å². The summed E-state index contributed by atoms with van der Waals surface area (Å²) in [7, 11) is 1.69. The van der Waals surface area contributed by atoms with Crippen molar-refractivity contribution in [1.29, 1.82) is 0 Å². The molecule has 0 radical (unpaired) electrons. The Morgan fingerprint density at radius 3 is 2.45 bits per heavy atom. The van der Waals surface area contributed by atoms with Crippen molar-refractivity contribution in [3.05, 3.63) is 29.8 Å². The number of ether oxygens (including phenoxy) is 1. The smallest absolute Gasteiger partial charge is 0.277 e. The topological polar surface area (TPSA) is 48.2 Å². The average Bonchev–Trinajstić information content (AvgIpc) is 2.87. The fourth-order valence-electron chi connectivity index (χ4n) is 1.83. The third-order valence-corrected chi connectivity index (χ3v) is 3.84. The van der Waals surface area contributed by atoms with Crippen LogP contribution in [0.4, 0.5) is 0 Å². The molecule has 20 heavy (non-hydrogen) atoms. The first-order valence-corrected chi connectivity index (χ1v) is 7.57. The maximum atomic E-state index is 5.67. The van der Waals surface area contributed by atoms with Gasteiger partial charge in [-0.2, -0.15) is 0 Å². The molecule has 4 nitrogen and oxygen atoms in total. The zero-order valence-corrected chi connectivity index (χ0v) is 13.1. The Kier molecular flexibility index (Phi) is 5.20. The standard InChI is InChI=1S/C15H20N2O2S/c1-10(2)12-5-7-13(8-6-12)14-16-17-15(19-14)20-11(3)9-18-4/h5-8,10-11H,9H2,1-4H3. The van der Waals surface area contributed by atoms with Gasteiger partial charge < -0.3 is 9.15 Å². The molecule has 1 atom stereocenters. The van der Waals surface area contributed by atoms with E-state index in [1.165, 1.54) is 17.3 Å². The lowest BCUT2D eigenvalue weighted by Gasteiger charge is -2.05. The van der Waals surface area contributed by atoms with Gasteiger partial charge in [0, 0.05) is 17.9 Å². The molecule has 2 aromatic rings. The molecular weight excluding hydrogens is 272 g/mol. The third-order valence-electron chi connectivity index (χ3n) is 2.93. The molecule has 5 heteroatoms. The van der Waals surface area contributed by atoms with E-state index in [9.17, 15) is 0 Å². The number of aromatic nitrogens is 2. The Bertz CT molecular complexity index is 537. The van der Waals surface area contributed by atoms with E-state index in [0.717, 1.165) is 5.56 Å². The highest BCUT2D eigenvalue weighted by atomic mass is 32.2. The summed E-state index contributed by atoms with van der Waals surface area (Å²) in [5.41, 5.74) is 2.25. The van der Waals surface area contributed by atoms with E-state index in [4.69, 9.17) is 9.15 Å². The van der Waals surface area contributed by atoms with Crippen LogP contribution in [0.25, 0.3) is 11.5 Å². The Balaban J connectivity index is 2.08. The fourth-order valence-corrected chi connectivity index (χ4v) is 2.59. The van der Waals surface area contributed by atoms with Crippen LogP contribution in [-0.2, 0) is 4.74 Å². The Morgan fingerprint density at radius 1 is 1.15 bits per heavy atom. The van der Waals surface area contributed by atoms with E-state index < -0.39 is 0 Å². The second kappa shape index (κ2) is 6.90. The van der Waals surface area contributed by atoms with Gasteiger partial charge in [0.2, 0.25) is 5.89 Å². The van der Waals surface area contributed by atoms with Crippen molar-refractivity contribution in [3.63, 3.8) is 0 Å². The minimum Gasteiger partial charge on any atom is -0.411 e. The number of rotatable bonds is 6. The first-order valence-electron chi connectivity index (χ1n) is 6.69. The number of methoxy groups -OCH3 is 1. The van der Waals surface area contributed by atoms with Crippen LogP contribution in [-0.4, -0.2) is 29.2 Å². The van der Waals surface area contributed by atoms with Gasteiger partial charge in [0.25, 0.3) is 5.22 Å². The summed E-state index contributed by atoms with van der Waals surface area (Å²) >= 11 is 1.53. The van der Waals surface area contributed by atoms with Crippen LogP contribution in [0.15, 0.2) is 33.9 Å². The van der Waals surface area contributed by atoms with Gasteiger partial charge in [0.1, 0.15) is 0 Å². The highest BCUT2D eigenvalue weighted by Gasteiger charge is 2.12. The summed E-state index contributed by atoms with van der Waals surface area (Å²) in [5.74, 6) is 1.08. The first-order chi connectivity index (χ1) is 9.60. The number of thioether (sulfide) groups is 1. The Morgan fingerprint density at radius 2 is 1.85 bits per heavy atom. The van der Waals surface area contributed by atoms with Crippen molar-refractivity contribution < 1.29 is 9.15 Å². The summed E-state index contributed by atoms with van der Waals surface area (Å²) in [6.45, 7) is 7.07. The Hall–Kier alpha value is -1.33. The number of hydrogen-bond donors (Lipinski definition) is 0. The molecule has 0 aliphatic rings. The molecule has 0 N–H and O–H groups in total. The minimum absolute atomic E-state index is 0.289. The van der Waals surface area contributed by atoms with Crippen LogP contribution in [0.5, 0.6) is 0 Å². The van der Waals surface area contributed by atoms with Crippen molar-refractivity contribution in [1.82, 2.24) is 10.2 Å². The lowest BCUT2D eigenvalue weighted by molar-refractivity contribution is 0.202. The van der Waals surface area contributed by atoms with Crippen molar-refractivity contribution in [3.8, 4) is 11.5 Å². The first kappa shape index (κ1) is 15.1. The van der Waals surface area contributed by atoms with Crippen molar-refractivity contribution in [2.75, 3.05) is 13.7 Å². The Labute approximate surface area is 123 Å². The van der Waals surface area contributed by atoms with E-state index in [2.05, 4.69) is 43.1 Å². The molecular formula is C15H20N2O2S. The minimum atomic E-state index is 0.289. The molecule has 0 saturated heterocycles. The normalized spacial score (nSPS) is 12.8. The maximum Gasteiger partial charge on any atom is 0.277 e. The average molecular weight is 292 g/mol. The van der Waals surface area contributed by atoms with Gasteiger partial charge in [0.15, 0.2) is 0 Å². The number of hydrogen-bond acceptors (Lipinski definition) is 5. The molecule has 0 fully saturated rings. The molecule has 1 aromatic heterocycles. The number of nitrogens with zero attached hydrogens (tertiary/aromatic N) is 2. The quantitative estimate of drug-likeness (QED) is 0.753. The summed E-state index contributed by atoms with van der Waals surface area (Å²) < 4.78 is 10.8. The van der Waals surface area contributed by atoms with Crippen LogP contribution >= 0.6 is 11.8 Å². The molecule has 0 bridgehead atoms. The van der Waals surface area contributed by atoms with Crippen LogP contribution < -0.4 is 0 Å². The van der Waals surface area contributed by atoms with Gasteiger partial charge >= 0.3 is 0 Å². The number of benzene rings is 1. The molecule has 1 aromatic carbocycles. The predicted molar refractivity (Wildman–Crippen MR) is 81.0 cm³/mol. The van der Waals surface area contributed by atoms with Crippen LogP contribution in [0, 0.1) is 0 Å². The monoisotopic (exact) mass is 292 g/mol. The third kappa shape index (κ3) is 3.84. The van der Waals surface area contributed by atoms with E-state index in [0.29, 0.717) is 23.6 Å². The fraction of sp³-hybridized carbons (Fsp3) is 0.467. The zero-order valence-electron chi connectivity index (χ0n) is 12.3. The van der Waals surface area contributed by atoms with E-state index >= 15 is 0 Å². The van der Waals surface area contributed by atoms with E-state index in [-0.39, 0.29) is 5.25 Å². The molecule has 108 valence electrons. The van der Waals surface area contributed by atoms with Crippen LogP contribution in [0.3, 0.4) is 0 Å². The zero-order chi connectivity index (χ0) is 14.5. The maximum absolute atomic E-state index is 5.67. The SMILES string of the molecule is COCC(C)Sc1nnc(-c2ccc(C(C)C)cc2)o1. The molecule has 0 aliphatic heterocycles. The van der Waals surface area contributed by atoms with E-state index in [1.807, 2.05) is 12.1 Å². The summed E-state index contributed by atoms with van der Waals surface area (Å²) in [5, 5.41) is 9.03. The summed E-state index contributed by atoms with van der Waals surface area (Å²) in [4.78, 5) is 0. The van der Waals surface area contributed by atoms with Crippen molar-refractivity contribution in [2.45, 2.75) is 37.2 Å². The van der Waals surface area contributed by atoms with Gasteiger partial charge in [-0.15, -0.1) is 10.2 Å². The second-order valence-corrected chi connectivity index (χ2v) is 6.42. The molecule has 2 rings (SSSR count). The largest absolute Gasteiger partial charge is 0.411 e. The highest BCUT2D eigenvalue weighted by Crippen LogP contribution is 2.27. The van der Waals surface area contributed by atoms with Crippen LogP contribution in [0.2, 0.25) is 0 Å². The molecule has 1 unspecified atom stereocenters. The highest BCUT2D eigenvalue weighted by molar-refractivity contribution is 7.99. The molecule has 0 saturated carbocycles. The molecule has 0 amide bonds. The van der Waals surface area contributed by atoms with Gasteiger partial charge in [-0.05, 0) is 23.6 Å².